The van der Waals surface area contributed by atoms with Crippen LogP contribution in [0, 0.1) is 0 Å². The summed E-state index contributed by atoms with van der Waals surface area (Å²) in [6.07, 6.45) is 3.21. The van der Waals surface area contributed by atoms with Crippen molar-refractivity contribution in [3.8, 4) is 11.5 Å². The maximum Gasteiger partial charge on any atom is 0.321 e. The van der Waals surface area contributed by atoms with Gasteiger partial charge in [-0.2, -0.15) is 0 Å². The van der Waals surface area contributed by atoms with E-state index in [0.29, 0.717) is 40.1 Å². The number of benzene rings is 2. The number of aliphatic hydroxyl groups excluding tert-OH is 1. The number of hydrazine groups is 1. The molecule has 0 fully saturated rings. The number of sulfonamides is 1. The summed E-state index contributed by atoms with van der Waals surface area (Å²) in [6, 6.07) is 11.6. The molecule has 16 heteroatoms. The van der Waals surface area contributed by atoms with E-state index in [9.17, 15) is 18.0 Å². The molecular formula is C29H44N6O8S2. The van der Waals surface area contributed by atoms with Crippen LogP contribution < -0.4 is 31.1 Å². The number of fused-ring (bicyclic) bond motifs is 1. The van der Waals surface area contributed by atoms with Crippen molar-refractivity contribution >= 4 is 43.8 Å². The molecule has 2 atom stereocenters. The number of carbonyl (C=O) groups is 2. The van der Waals surface area contributed by atoms with Gasteiger partial charge in [0, 0.05) is 6.20 Å². The van der Waals surface area contributed by atoms with Crippen LogP contribution >= 0.6 is 11.3 Å². The van der Waals surface area contributed by atoms with Crippen molar-refractivity contribution in [3.05, 3.63) is 59.9 Å². The molecule has 8 N–H and O–H groups in total. The van der Waals surface area contributed by atoms with Gasteiger partial charge in [0.15, 0.2) is 0 Å². The minimum absolute atomic E-state index is 0.0100. The largest absolute Gasteiger partial charge is 0.491 e. The number of nitrogens with one attached hydrogen (secondary N) is 2. The lowest BCUT2D eigenvalue weighted by atomic mass is 10.1. The summed E-state index contributed by atoms with van der Waals surface area (Å²) in [7, 11) is -0.624. The lowest BCUT2D eigenvalue weighted by Crippen LogP contribution is -2.35. The number of carboxylic acids is 1. The smallest absolute Gasteiger partial charge is 0.321 e. The number of hydrogen-bond acceptors (Lipinski definition) is 13. The van der Waals surface area contributed by atoms with Crippen molar-refractivity contribution in [2.75, 3.05) is 33.9 Å². The minimum Gasteiger partial charge on any atom is -0.491 e. The van der Waals surface area contributed by atoms with Crippen LogP contribution in [0.15, 0.2) is 58.7 Å². The normalized spacial score (nSPS) is 12.6. The molecular weight excluding hydrogens is 624 g/mol. The molecule has 0 aliphatic carbocycles. The monoisotopic (exact) mass is 668 g/mol. The number of ether oxygens (including phenoxy) is 2. The highest BCUT2D eigenvalue weighted by Crippen LogP contribution is 2.28. The predicted molar refractivity (Wildman–Crippen MR) is 174 cm³/mol. The van der Waals surface area contributed by atoms with Crippen molar-refractivity contribution in [2.45, 2.75) is 50.1 Å². The van der Waals surface area contributed by atoms with Crippen molar-refractivity contribution in [3.63, 3.8) is 0 Å². The molecule has 14 nitrogen and oxygen atoms in total. The van der Waals surface area contributed by atoms with Crippen molar-refractivity contribution < 1.29 is 37.7 Å². The van der Waals surface area contributed by atoms with E-state index in [-0.39, 0.29) is 24.1 Å². The van der Waals surface area contributed by atoms with Crippen LogP contribution in [0.5, 0.6) is 11.5 Å². The quantitative estimate of drug-likeness (QED) is 0.0774. The first-order valence-electron chi connectivity index (χ1n) is 14.0. The van der Waals surface area contributed by atoms with Crippen molar-refractivity contribution in [2.24, 2.45) is 11.6 Å². The second-order valence-electron chi connectivity index (χ2n) is 9.57. The Morgan fingerprint density at radius 3 is 2.29 bits per heavy atom. The zero-order valence-corrected chi connectivity index (χ0v) is 27.7. The molecule has 3 rings (SSSR count). The lowest BCUT2D eigenvalue weighted by Gasteiger charge is -2.12. The summed E-state index contributed by atoms with van der Waals surface area (Å²) in [5, 5.41) is 21.9. The van der Waals surface area contributed by atoms with Gasteiger partial charge >= 0.3 is 5.97 Å². The van der Waals surface area contributed by atoms with Crippen LogP contribution in [-0.2, 0) is 26.0 Å². The molecule has 0 bridgehead atoms. The first kappa shape index (κ1) is 39.2. The Labute approximate surface area is 268 Å². The molecule has 45 heavy (non-hydrogen) atoms. The first-order valence-corrected chi connectivity index (χ1v) is 16.3. The SMILES string of the molecule is CCC.CNS(=O)(=O)c1nc2ccc(OC/C(N)=C/N(N)CC=O)cc2s1.CN[C@@H](Cc1ccc(OCC(C)O)cc1)C(=O)O. The zero-order chi connectivity index (χ0) is 34.0. The standard InChI is InChI=1S/C13H17N5O4S2.C13H19NO4.C3H8/c1-16-24(20,21)13-17-11-3-2-10(6-12(11)23-13)22-8-9(14)7-18(15)4-5-19;1-9(15)8-18-11-5-3-10(4-6-11)7-12(14-2)13(16)17;1-3-2/h2-3,5-7,16H,4,8,14-15H2,1H3;3-6,9,12,14-15H,7-8H2,1-2H3,(H,16,17);3H2,1-2H3/b9-7-;;/t;9?,12-;/m.0./s1. The molecule has 2 aromatic carbocycles. The van der Waals surface area contributed by atoms with E-state index in [2.05, 4.69) is 28.9 Å². The molecule has 0 amide bonds. The van der Waals surface area contributed by atoms with Crippen LogP contribution in [0.3, 0.4) is 0 Å². The van der Waals surface area contributed by atoms with Crippen LogP contribution in [0.2, 0.25) is 0 Å². The zero-order valence-electron chi connectivity index (χ0n) is 26.1. The molecule has 0 radical (unpaired) electrons. The third-order valence-corrected chi connectivity index (χ3v) is 8.17. The van der Waals surface area contributed by atoms with E-state index in [0.717, 1.165) is 21.9 Å². The summed E-state index contributed by atoms with van der Waals surface area (Å²) in [5.41, 5.74) is 7.56. The fourth-order valence-corrected chi connectivity index (χ4v) is 5.30. The number of carboxylic acid groups (broad SMARTS) is 1. The average Bonchev–Trinajstić information content (AvgIpc) is 3.44. The maximum absolute atomic E-state index is 11.8. The Hall–Kier alpha value is -3.80. The average molecular weight is 669 g/mol. The molecule has 0 aliphatic rings. The summed E-state index contributed by atoms with van der Waals surface area (Å²) in [4.78, 5) is 25.3. The third-order valence-electron chi connectivity index (χ3n) is 5.36. The van der Waals surface area contributed by atoms with Crippen molar-refractivity contribution in [1.29, 1.82) is 0 Å². The second kappa shape index (κ2) is 20.3. The highest BCUT2D eigenvalue weighted by atomic mass is 32.2. The molecule has 0 aliphatic heterocycles. The lowest BCUT2D eigenvalue weighted by molar-refractivity contribution is -0.139. The fraction of sp³-hybridized carbons (Fsp3) is 0.414. The number of rotatable bonds is 15. The number of aliphatic hydroxyl groups is 1. The van der Waals surface area contributed by atoms with E-state index >= 15 is 0 Å². The number of nitrogens with zero attached hydrogens (tertiary/aromatic N) is 2. The summed E-state index contributed by atoms with van der Waals surface area (Å²) < 4.78 is 37.3. The third kappa shape index (κ3) is 14.7. The van der Waals surface area contributed by atoms with Gasteiger partial charge in [-0.3, -0.25) is 4.79 Å². The molecule has 1 heterocycles. The first-order chi connectivity index (χ1) is 21.3. The van der Waals surface area contributed by atoms with Crippen LogP contribution in [0.1, 0.15) is 32.8 Å². The van der Waals surface area contributed by atoms with Gasteiger partial charge in [0.05, 0.1) is 28.6 Å². The summed E-state index contributed by atoms with van der Waals surface area (Å²) in [6.45, 7) is 6.24. The predicted octanol–water partition coefficient (Wildman–Crippen LogP) is 1.84. The fourth-order valence-electron chi connectivity index (χ4n) is 3.22. The van der Waals surface area contributed by atoms with Gasteiger partial charge in [-0.25, -0.2) is 24.0 Å². The highest BCUT2D eigenvalue weighted by molar-refractivity contribution is 7.91. The van der Waals surface area contributed by atoms with E-state index in [1.54, 1.807) is 44.3 Å². The Bertz CT molecular complexity index is 1460. The Morgan fingerprint density at radius 2 is 1.76 bits per heavy atom. The number of aldehydes is 1. The molecule has 1 aromatic heterocycles. The van der Waals surface area contributed by atoms with Gasteiger partial charge in [0.25, 0.3) is 10.0 Å². The van der Waals surface area contributed by atoms with Crippen LogP contribution in [0.4, 0.5) is 0 Å². The number of nitrogens with two attached hydrogens (primary N) is 2. The van der Waals surface area contributed by atoms with Gasteiger partial charge in [0.2, 0.25) is 4.34 Å². The van der Waals surface area contributed by atoms with Gasteiger partial charge in [-0.15, -0.1) is 11.3 Å². The van der Waals surface area contributed by atoms with Gasteiger partial charge in [0.1, 0.15) is 37.0 Å². The van der Waals surface area contributed by atoms with Gasteiger partial charge < -0.3 is 40.5 Å². The van der Waals surface area contributed by atoms with Gasteiger partial charge in [-0.1, -0.05) is 32.4 Å². The summed E-state index contributed by atoms with van der Waals surface area (Å²) in [5.74, 6) is 5.81. The minimum atomic E-state index is -3.58. The number of aromatic nitrogens is 1. The van der Waals surface area contributed by atoms with E-state index in [1.165, 1.54) is 19.7 Å². The highest BCUT2D eigenvalue weighted by Gasteiger charge is 2.18. The Morgan fingerprint density at radius 1 is 1.13 bits per heavy atom. The van der Waals surface area contributed by atoms with Crippen molar-refractivity contribution in [1.82, 2.24) is 20.0 Å². The Kier molecular flexibility index (Phi) is 17.7. The maximum atomic E-state index is 11.8. The van der Waals surface area contributed by atoms with Crippen LogP contribution in [0.25, 0.3) is 10.2 Å². The molecule has 0 saturated heterocycles. The molecule has 3 aromatic rings. The number of aliphatic carboxylic acids is 1. The van der Waals surface area contributed by atoms with Crippen LogP contribution in [-0.4, -0.2) is 86.9 Å². The number of thiazole rings is 1. The number of hydrogen-bond donors (Lipinski definition) is 6. The molecule has 1 unspecified atom stereocenters. The topological polar surface area (TPSA) is 219 Å². The Balaban J connectivity index is 0.000000429. The molecule has 0 spiro atoms. The summed E-state index contributed by atoms with van der Waals surface area (Å²) >= 11 is 1.04. The van der Waals surface area contributed by atoms with E-state index in [1.807, 2.05) is 12.1 Å². The second-order valence-corrected chi connectivity index (χ2v) is 12.7. The van der Waals surface area contributed by atoms with E-state index < -0.39 is 28.1 Å². The molecule has 250 valence electrons. The number of carbonyl (C=O) groups excluding carboxylic acids is 1. The van der Waals surface area contributed by atoms with E-state index in [4.69, 9.17) is 31.3 Å². The van der Waals surface area contributed by atoms with Gasteiger partial charge in [-0.05, 0) is 63.3 Å². The number of likely N-dealkylation sites (N-methyl/N-ethyl adjacent to an activating group) is 1. The molecule has 0 saturated carbocycles.